The van der Waals surface area contributed by atoms with Crippen LogP contribution >= 0.6 is 0 Å². The van der Waals surface area contributed by atoms with Gasteiger partial charge in [-0.25, -0.2) is 0 Å². The molecule has 0 radical (unpaired) electrons. The molecule has 0 saturated heterocycles. The van der Waals surface area contributed by atoms with Crippen molar-refractivity contribution in [1.82, 2.24) is 5.32 Å². The molecule has 3 nitrogen and oxygen atoms in total. The summed E-state index contributed by atoms with van der Waals surface area (Å²) in [5.41, 5.74) is 1.33. The van der Waals surface area contributed by atoms with Gasteiger partial charge in [-0.15, -0.1) is 0 Å². The molecule has 96 valence electrons. The average molecular weight is 237 g/mol. The summed E-state index contributed by atoms with van der Waals surface area (Å²) < 4.78 is 10.4. The number of benzene rings is 1. The van der Waals surface area contributed by atoms with Gasteiger partial charge in [0.05, 0.1) is 13.2 Å². The van der Waals surface area contributed by atoms with E-state index in [-0.39, 0.29) is 0 Å². The third-order valence-corrected chi connectivity index (χ3v) is 2.69. The second-order valence-electron chi connectivity index (χ2n) is 4.10. The van der Waals surface area contributed by atoms with Crippen LogP contribution in [0.5, 0.6) is 5.75 Å². The van der Waals surface area contributed by atoms with E-state index in [1.165, 1.54) is 5.56 Å². The fraction of sp³-hybridized carbons (Fsp3) is 0.571. The van der Waals surface area contributed by atoms with E-state index in [4.69, 9.17) is 9.47 Å². The molecule has 0 heterocycles. The minimum atomic E-state index is 0.502. The van der Waals surface area contributed by atoms with E-state index in [1.54, 1.807) is 7.11 Å². The fourth-order valence-electron chi connectivity index (χ4n) is 1.67. The van der Waals surface area contributed by atoms with Crippen molar-refractivity contribution < 1.29 is 9.47 Å². The van der Waals surface area contributed by atoms with Crippen molar-refractivity contribution in [3.8, 4) is 5.75 Å². The topological polar surface area (TPSA) is 30.5 Å². The average Bonchev–Trinajstić information content (AvgIpc) is 2.36. The van der Waals surface area contributed by atoms with Gasteiger partial charge in [0.1, 0.15) is 5.75 Å². The van der Waals surface area contributed by atoms with E-state index in [2.05, 4.69) is 24.4 Å². The lowest BCUT2D eigenvalue weighted by Crippen LogP contribution is -2.23. The first-order valence-electron chi connectivity index (χ1n) is 6.20. The van der Waals surface area contributed by atoms with Crippen LogP contribution in [0, 0.1) is 0 Å². The van der Waals surface area contributed by atoms with Gasteiger partial charge in [0.15, 0.2) is 0 Å². The van der Waals surface area contributed by atoms with Gasteiger partial charge in [0.25, 0.3) is 0 Å². The zero-order chi connectivity index (χ0) is 12.5. The molecular formula is C14H23NO2. The third kappa shape index (κ3) is 5.20. The Bertz CT molecular complexity index is 298. The molecule has 1 atom stereocenters. The Morgan fingerprint density at radius 1 is 1.24 bits per heavy atom. The van der Waals surface area contributed by atoms with Crippen molar-refractivity contribution in [2.24, 2.45) is 0 Å². The Balaban J connectivity index is 2.37. The molecule has 0 spiro atoms. The quantitative estimate of drug-likeness (QED) is 0.704. The SMILES string of the molecule is CCOc1ccc(C(C)CNCCOC)cc1. The first-order chi connectivity index (χ1) is 8.27. The molecule has 0 fully saturated rings. The lowest BCUT2D eigenvalue weighted by Gasteiger charge is -2.13. The van der Waals surface area contributed by atoms with Gasteiger partial charge in [-0.3, -0.25) is 0 Å². The van der Waals surface area contributed by atoms with Crippen LogP contribution in [0.1, 0.15) is 25.3 Å². The summed E-state index contributed by atoms with van der Waals surface area (Å²) in [4.78, 5) is 0. The molecule has 17 heavy (non-hydrogen) atoms. The van der Waals surface area contributed by atoms with Crippen LogP contribution in [-0.4, -0.2) is 33.4 Å². The molecule has 1 N–H and O–H groups in total. The van der Waals surface area contributed by atoms with Crippen LogP contribution in [-0.2, 0) is 4.74 Å². The Kier molecular flexibility index (Phi) is 6.67. The molecule has 0 aliphatic carbocycles. The molecule has 3 heteroatoms. The highest BCUT2D eigenvalue weighted by Crippen LogP contribution is 2.18. The minimum absolute atomic E-state index is 0.502. The Morgan fingerprint density at radius 2 is 1.94 bits per heavy atom. The van der Waals surface area contributed by atoms with E-state index in [9.17, 15) is 0 Å². The largest absolute Gasteiger partial charge is 0.494 e. The maximum absolute atomic E-state index is 5.42. The summed E-state index contributed by atoms with van der Waals surface area (Å²) in [7, 11) is 1.72. The number of rotatable bonds is 8. The van der Waals surface area contributed by atoms with E-state index in [0.717, 1.165) is 25.4 Å². The Morgan fingerprint density at radius 3 is 2.53 bits per heavy atom. The second kappa shape index (κ2) is 8.09. The van der Waals surface area contributed by atoms with Crippen LogP contribution in [0.25, 0.3) is 0 Å². The number of hydrogen-bond acceptors (Lipinski definition) is 3. The highest BCUT2D eigenvalue weighted by Gasteiger charge is 2.04. The number of hydrogen-bond donors (Lipinski definition) is 1. The molecule has 0 amide bonds. The summed E-state index contributed by atoms with van der Waals surface area (Å²) in [5, 5.41) is 3.37. The van der Waals surface area contributed by atoms with Crippen molar-refractivity contribution in [3.63, 3.8) is 0 Å². The van der Waals surface area contributed by atoms with Gasteiger partial charge in [-0.2, -0.15) is 0 Å². The zero-order valence-electron chi connectivity index (χ0n) is 11.0. The lowest BCUT2D eigenvalue weighted by molar-refractivity contribution is 0.199. The summed E-state index contributed by atoms with van der Waals surface area (Å²) in [6.45, 7) is 7.56. The number of nitrogens with one attached hydrogen (secondary N) is 1. The van der Waals surface area contributed by atoms with E-state index < -0.39 is 0 Å². The summed E-state index contributed by atoms with van der Waals surface area (Å²) in [6.07, 6.45) is 0. The molecule has 0 aromatic heterocycles. The first-order valence-corrected chi connectivity index (χ1v) is 6.20. The molecular weight excluding hydrogens is 214 g/mol. The van der Waals surface area contributed by atoms with Crippen LogP contribution in [0.3, 0.4) is 0 Å². The van der Waals surface area contributed by atoms with Crippen LogP contribution in [0.15, 0.2) is 24.3 Å². The van der Waals surface area contributed by atoms with Crippen LogP contribution in [0.2, 0.25) is 0 Å². The highest BCUT2D eigenvalue weighted by atomic mass is 16.5. The van der Waals surface area contributed by atoms with Crippen LogP contribution in [0.4, 0.5) is 0 Å². The second-order valence-corrected chi connectivity index (χ2v) is 4.10. The third-order valence-electron chi connectivity index (χ3n) is 2.69. The van der Waals surface area contributed by atoms with Crippen LogP contribution < -0.4 is 10.1 Å². The van der Waals surface area contributed by atoms with Crippen molar-refractivity contribution in [2.45, 2.75) is 19.8 Å². The molecule has 0 bridgehead atoms. The predicted molar refractivity (Wildman–Crippen MR) is 70.8 cm³/mol. The smallest absolute Gasteiger partial charge is 0.119 e. The number of methoxy groups -OCH3 is 1. The van der Waals surface area contributed by atoms with Gasteiger partial charge >= 0.3 is 0 Å². The van der Waals surface area contributed by atoms with E-state index >= 15 is 0 Å². The van der Waals surface area contributed by atoms with E-state index in [0.29, 0.717) is 12.5 Å². The maximum atomic E-state index is 5.42. The molecule has 0 aliphatic heterocycles. The molecule has 1 rings (SSSR count). The predicted octanol–water partition coefficient (Wildman–Crippen LogP) is 2.42. The summed E-state index contributed by atoms with van der Waals surface area (Å²) in [6, 6.07) is 8.33. The van der Waals surface area contributed by atoms with Gasteiger partial charge in [0, 0.05) is 20.2 Å². The lowest BCUT2D eigenvalue weighted by atomic mass is 10.0. The highest BCUT2D eigenvalue weighted by molar-refractivity contribution is 5.29. The molecule has 0 saturated carbocycles. The van der Waals surface area contributed by atoms with Crippen molar-refractivity contribution in [2.75, 3.05) is 33.4 Å². The van der Waals surface area contributed by atoms with Crippen molar-refractivity contribution in [1.29, 1.82) is 0 Å². The summed E-state index contributed by atoms with van der Waals surface area (Å²) >= 11 is 0. The minimum Gasteiger partial charge on any atom is -0.494 e. The molecule has 1 aromatic rings. The zero-order valence-corrected chi connectivity index (χ0v) is 11.0. The van der Waals surface area contributed by atoms with Crippen molar-refractivity contribution >= 4 is 0 Å². The van der Waals surface area contributed by atoms with Gasteiger partial charge in [-0.1, -0.05) is 19.1 Å². The maximum Gasteiger partial charge on any atom is 0.119 e. The molecule has 1 unspecified atom stereocenters. The van der Waals surface area contributed by atoms with E-state index in [1.807, 2.05) is 19.1 Å². The normalized spacial score (nSPS) is 12.4. The van der Waals surface area contributed by atoms with Crippen molar-refractivity contribution in [3.05, 3.63) is 29.8 Å². The van der Waals surface area contributed by atoms with Gasteiger partial charge < -0.3 is 14.8 Å². The monoisotopic (exact) mass is 237 g/mol. The molecule has 1 aromatic carbocycles. The summed E-state index contributed by atoms with van der Waals surface area (Å²) in [5.74, 6) is 1.44. The van der Waals surface area contributed by atoms with Gasteiger partial charge in [0.2, 0.25) is 0 Å². The molecule has 0 aliphatic rings. The van der Waals surface area contributed by atoms with Gasteiger partial charge in [-0.05, 0) is 30.5 Å². The fourth-order valence-corrected chi connectivity index (χ4v) is 1.67. The standard InChI is InChI=1S/C14H23NO2/c1-4-17-14-7-5-13(6-8-14)12(2)11-15-9-10-16-3/h5-8,12,15H,4,9-11H2,1-3H3. The number of ether oxygens (including phenoxy) is 2. The Labute approximate surface area is 104 Å². The first kappa shape index (κ1) is 14.0. The Hall–Kier alpha value is -1.06.